The second kappa shape index (κ2) is 15.2. The fourth-order valence-corrected chi connectivity index (χ4v) is 8.82. The van der Waals surface area contributed by atoms with Crippen molar-refractivity contribution in [2.24, 2.45) is 0 Å². The molecule has 1 aliphatic heterocycles. The first-order chi connectivity index (χ1) is 29.7. The molecule has 63 heavy (non-hydrogen) atoms. The molecule has 6 aromatic carbocycles. The van der Waals surface area contributed by atoms with E-state index in [1.807, 2.05) is 6.20 Å². The van der Waals surface area contributed by atoms with Gasteiger partial charge in [0.05, 0.1) is 22.4 Å². The van der Waals surface area contributed by atoms with Crippen LogP contribution < -0.4 is 14.5 Å². The van der Waals surface area contributed by atoms with Crippen LogP contribution >= 0.6 is 0 Å². The number of rotatable bonds is 6. The van der Waals surface area contributed by atoms with Crippen molar-refractivity contribution in [1.82, 2.24) is 9.55 Å². The number of hydrogen-bond donors (Lipinski definition) is 0. The van der Waals surface area contributed by atoms with Crippen LogP contribution in [0.15, 0.2) is 146 Å². The average Bonchev–Trinajstić information content (AvgIpc) is 3.78. The molecule has 0 fully saturated rings. The maximum Gasteiger partial charge on any atom is 0.137 e. The molecule has 320 valence electrons. The number of anilines is 4. The Balaban J connectivity index is 1.08. The van der Waals surface area contributed by atoms with Crippen molar-refractivity contribution in [2.45, 2.75) is 105 Å². The number of nitrogens with zero attached hydrogens (tertiary/aromatic N) is 4. The zero-order chi connectivity index (χ0) is 44.6. The van der Waals surface area contributed by atoms with E-state index in [0.29, 0.717) is 6.67 Å². The van der Waals surface area contributed by atoms with Crippen molar-refractivity contribution < 1.29 is 4.74 Å². The molecule has 2 aromatic heterocycles. The molecular formula is C58H62N4O. The smallest absolute Gasteiger partial charge is 0.137 e. The van der Waals surface area contributed by atoms with Gasteiger partial charge in [0.15, 0.2) is 0 Å². The van der Waals surface area contributed by atoms with Crippen molar-refractivity contribution in [3.8, 4) is 28.4 Å². The van der Waals surface area contributed by atoms with E-state index in [-0.39, 0.29) is 21.7 Å². The quantitative estimate of drug-likeness (QED) is 0.167. The summed E-state index contributed by atoms with van der Waals surface area (Å²) < 4.78 is 9.10. The van der Waals surface area contributed by atoms with Gasteiger partial charge in [0.25, 0.3) is 0 Å². The minimum atomic E-state index is -0.0274. The fraction of sp³-hybridized carbons (Fsp3) is 0.293. The minimum absolute atomic E-state index is 0.0135. The standard InChI is InChI=1S/C58H62N4O/c1-55(2,3)40-22-20-38(21-23-40)39-30-43(58(10,11)12)32-45(31-39)61-37-60(51-18-13-14-19-52(51)61)44-16-15-17-46(35-44)63-47-25-26-48-49-33-41(56(4,5)6)24-27-50(49)62(53(48)36-47)54-34-42(28-29-59-54)57(7,8)9/h13-36H,37H2,1-12H3. The van der Waals surface area contributed by atoms with Gasteiger partial charge in [-0.25, -0.2) is 4.98 Å². The molecule has 0 spiro atoms. The lowest BCUT2D eigenvalue weighted by Gasteiger charge is -2.27. The topological polar surface area (TPSA) is 33.5 Å². The van der Waals surface area contributed by atoms with Gasteiger partial charge in [-0.15, -0.1) is 0 Å². The van der Waals surface area contributed by atoms with Crippen LogP contribution in [0, 0.1) is 0 Å². The fourth-order valence-electron chi connectivity index (χ4n) is 8.82. The molecule has 0 bridgehead atoms. The molecule has 0 amide bonds. The van der Waals surface area contributed by atoms with Crippen LogP contribution in [0.25, 0.3) is 38.8 Å². The molecule has 0 N–H and O–H groups in total. The van der Waals surface area contributed by atoms with Crippen LogP contribution in [-0.4, -0.2) is 16.2 Å². The summed E-state index contributed by atoms with van der Waals surface area (Å²) in [5, 5.41) is 2.39. The molecule has 0 aliphatic carbocycles. The maximum absolute atomic E-state index is 6.80. The molecule has 0 saturated heterocycles. The van der Waals surface area contributed by atoms with E-state index >= 15 is 0 Å². The lowest BCUT2D eigenvalue weighted by atomic mass is 9.83. The molecule has 5 nitrogen and oxygen atoms in total. The predicted octanol–water partition coefficient (Wildman–Crippen LogP) is 16.1. The first kappa shape index (κ1) is 42.0. The van der Waals surface area contributed by atoms with E-state index in [1.165, 1.54) is 55.5 Å². The lowest BCUT2D eigenvalue weighted by Crippen LogP contribution is -2.24. The highest BCUT2D eigenvalue weighted by molar-refractivity contribution is 6.10. The summed E-state index contributed by atoms with van der Waals surface area (Å²) in [5.41, 5.74) is 14.5. The monoisotopic (exact) mass is 830 g/mol. The zero-order valence-electron chi connectivity index (χ0n) is 39.3. The van der Waals surface area contributed by atoms with Gasteiger partial charge >= 0.3 is 0 Å². The SMILES string of the molecule is CC(C)(C)c1ccc(-c2cc(N3CN(c4cccc(Oc5ccc6c7cc(C(C)(C)C)ccc7n(-c7cc(C(C)(C)C)ccn7)c6c5)c4)c4ccccc43)cc(C(C)(C)C)c2)cc1. The van der Waals surface area contributed by atoms with Crippen molar-refractivity contribution in [1.29, 1.82) is 0 Å². The Bertz CT molecular complexity index is 3000. The number of benzene rings is 6. The number of para-hydroxylation sites is 2. The van der Waals surface area contributed by atoms with E-state index in [4.69, 9.17) is 9.72 Å². The third-order valence-electron chi connectivity index (χ3n) is 12.7. The normalized spacial score (nSPS) is 13.6. The average molecular weight is 831 g/mol. The Morgan fingerprint density at radius 1 is 0.429 bits per heavy atom. The van der Waals surface area contributed by atoms with Gasteiger partial charge < -0.3 is 14.5 Å². The highest BCUT2D eigenvalue weighted by Crippen LogP contribution is 2.47. The summed E-state index contributed by atoms with van der Waals surface area (Å²) in [6, 6.07) is 51.2. The number of fused-ring (bicyclic) bond motifs is 4. The minimum Gasteiger partial charge on any atom is -0.457 e. The molecule has 3 heterocycles. The molecule has 0 saturated carbocycles. The Labute approximate surface area is 375 Å². The van der Waals surface area contributed by atoms with Crippen LogP contribution in [-0.2, 0) is 21.7 Å². The number of pyridine rings is 1. The first-order valence-electron chi connectivity index (χ1n) is 22.5. The van der Waals surface area contributed by atoms with E-state index in [2.05, 4.69) is 237 Å². The second-order valence-corrected chi connectivity index (χ2v) is 21.6. The van der Waals surface area contributed by atoms with Gasteiger partial charge in [0.1, 0.15) is 24.0 Å². The van der Waals surface area contributed by atoms with Gasteiger partial charge in [-0.1, -0.05) is 138 Å². The first-order valence-corrected chi connectivity index (χ1v) is 22.5. The lowest BCUT2D eigenvalue weighted by molar-refractivity contribution is 0.483. The molecule has 5 heteroatoms. The third kappa shape index (κ3) is 8.10. The van der Waals surface area contributed by atoms with Crippen molar-refractivity contribution in [3.63, 3.8) is 0 Å². The highest BCUT2D eigenvalue weighted by atomic mass is 16.5. The summed E-state index contributed by atoms with van der Waals surface area (Å²) in [5.74, 6) is 2.46. The van der Waals surface area contributed by atoms with Crippen molar-refractivity contribution >= 4 is 44.6 Å². The molecular weight excluding hydrogens is 769 g/mol. The van der Waals surface area contributed by atoms with Gasteiger partial charge in [0, 0.05) is 40.5 Å². The summed E-state index contributed by atoms with van der Waals surface area (Å²) in [6.07, 6.45) is 1.94. The van der Waals surface area contributed by atoms with Crippen LogP contribution in [0.3, 0.4) is 0 Å². The molecule has 0 unspecified atom stereocenters. The van der Waals surface area contributed by atoms with E-state index in [0.717, 1.165) is 39.7 Å². The second-order valence-electron chi connectivity index (χ2n) is 21.6. The van der Waals surface area contributed by atoms with Gasteiger partial charge in [0.2, 0.25) is 0 Å². The largest absolute Gasteiger partial charge is 0.457 e. The Hall–Kier alpha value is -6.33. The molecule has 0 atom stereocenters. The summed E-state index contributed by atoms with van der Waals surface area (Å²) in [6.45, 7) is 28.0. The van der Waals surface area contributed by atoms with Crippen LogP contribution in [0.5, 0.6) is 11.5 Å². The summed E-state index contributed by atoms with van der Waals surface area (Å²) in [7, 11) is 0. The zero-order valence-corrected chi connectivity index (χ0v) is 39.3. The van der Waals surface area contributed by atoms with Crippen molar-refractivity contribution in [3.05, 3.63) is 168 Å². The van der Waals surface area contributed by atoms with Gasteiger partial charge in [-0.05, 0) is 128 Å². The van der Waals surface area contributed by atoms with Gasteiger partial charge in [-0.2, -0.15) is 0 Å². The molecule has 1 aliphatic rings. The number of ether oxygens (including phenoxy) is 1. The van der Waals surface area contributed by atoms with Gasteiger partial charge in [-0.3, -0.25) is 4.57 Å². The van der Waals surface area contributed by atoms with Crippen LogP contribution in [0.1, 0.15) is 105 Å². The van der Waals surface area contributed by atoms with Crippen LogP contribution in [0.4, 0.5) is 22.7 Å². The third-order valence-corrected chi connectivity index (χ3v) is 12.7. The predicted molar refractivity (Wildman–Crippen MR) is 267 cm³/mol. The maximum atomic E-state index is 6.80. The Kier molecular flexibility index (Phi) is 10.1. The molecule has 0 radical (unpaired) electrons. The molecule has 8 aromatic rings. The number of aromatic nitrogens is 2. The molecule has 9 rings (SSSR count). The van der Waals surface area contributed by atoms with E-state index in [1.54, 1.807) is 0 Å². The van der Waals surface area contributed by atoms with E-state index in [9.17, 15) is 0 Å². The van der Waals surface area contributed by atoms with Crippen LogP contribution in [0.2, 0.25) is 0 Å². The highest BCUT2D eigenvalue weighted by Gasteiger charge is 2.30. The Morgan fingerprint density at radius 3 is 1.71 bits per heavy atom. The van der Waals surface area contributed by atoms with E-state index < -0.39 is 0 Å². The number of hydrogen-bond acceptors (Lipinski definition) is 4. The summed E-state index contributed by atoms with van der Waals surface area (Å²) in [4.78, 5) is 9.79. The summed E-state index contributed by atoms with van der Waals surface area (Å²) >= 11 is 0. The van der Waals surface area contributed by atoms with Crippen molar-refractivity contribution in [2.75, 3.05) is 16.5 Å². The Morgan fingerprint density at radius 2 is 1.05 bits per heavy atom.